The summed E-state index contributed by atoms with van der Waals surface area (Å²) in [6, 6.07) is 6.41. The number of nitrogens with one attached hydrogen (secondary N) is 1. The van der Waals surface area contributed by atoms with Crippen LogP contribution in [-0.4, -0.2) is 56.6 Å². The van der Waals surface area contributed by atoms with Crippen molar-refractivity contribution in [3.63, 3.8) is 0 Å². The van der Waals surface area contributed by atoms with Crippen LogP contribution in [0.5, 0.6) is 0 Å². The second-order valence-corrected chi connectivity index (χ2v) is 7.76. The number of hydrogen-bond donors (Lipinski definition) is 1. The number of hydrogen-bond acceptors (Lipinski definition) is 6. The van der Waals surface area contributed by atoms with Gasteiger partial charge in [-0.15, -0.1) is 5.10 Å². The highest BCUT2D eigenvalue weighted by molar-refractivity contribution is 5.86. The lowest BCUT2D eigenvalue weighted by Gasteiger charge is -2.28. The number of benzene rings is 1. The van der Waals surface area contributed by atoms with Gasteiger partial charge >= 0.3 is 6.09 Å². The molecule has 0 spiro atoms. The first kappa shape index (κ1) is 19.8. The maximum Gasteiger partial charge on any atom is 0.410 e. The minimum Gasteiger partial charge on any atom is -0.444 e. The minimum atomic E-state index is -0.614. The highest BCUT2D eigenvalue weighted by atomic mass is 16.6. The molecule has 1 aromatic carbocycles. The molecule has 0 saturated carbocycles. The summed E-state index contributed by atoms with van der Waals surface area (Å²) in [5, 5.41) is 11.2. The molecule has 0 bridgehead atoms. The molecule has 3 rings (SSSR count). The Balaban J connectivity index is 1.59. The van der Waals surface area contributed by atoms with Gasteiger partial charge in [0.2, 0.25) is 5.91 Å². The molecule has 1 saturated heterocycles. The summed E-state index contributed by atoms with van der Waals surface area (Å²) in [6.07, 6.45) is 0.843. The van der Waals surface area contributed by atoms with Crippen LogP contribution in [-0.2, 0) is 16.1 Å². The minimum absolute atomic E-state index is 0.196. The summed E-state index contributed by atoms with van der Waals surface area (Å²) in [4.78, 5) is 38.7. The zero-order chi connectivity index (χ0) is 20.3. The normalized spacial score (nSPS) is 17.0. The summed E-state index contributed by atoms with van der Waals surface area (Å²) >= 11 is 0. The monoisotopic (exact) mass is 387 g/mol. The lowest BCUT2D eigenvalue weighted by atomic mass is 10.2. The van der Waals surface area contributed by atoms with Crippen LogP contribution < -0.4 is 10.9 Å². The molecule has 1 aromatic heterocycles. The van der Waals surface area contributed by atoms with Gasteiger partial charge in [0, 0.05) is 13.1 Å². The topological polar surface area (TPSA) is 106 Å². The molecule has 150 valence electrons. The predicted molar refractivity (Wildman–Crippen MR) is 103 cm³/mol. The smallest absolute Gasteiger partial charge is 0.410 e. The molecule has 0 aliphatic carbocycles. The fraction of sp³-hybridized carbons (Fsp3) is 0.526. The number of likely N-dealkylation sites (tertiary alicyclic amines) is 1. The van der Waals surface area contributed by atoms with E-state index in [0.29, 0.717) is 23.9 Å². The average Bonchev–Trinajstić information content (AvgIpc) is 3.12. The van der Waals surface area contributed by atoms with Crippen molar-refractivity contribution < 1.29 is 14.3 Å². The molecule has 9 nitrogen and oxygen atoms in total. The summed E-state index contributed by atoms with van der Waals surface area (Å²) < 4.78 is 6.60. The number of rotatable bonds is 4. The number of fused-ring (bicyclic) bond motifs is 1. The van der Waals surface area contributed by atoms with E-state index in [9.17, 15) is 14.4 Å². The molecular formula is C19H25N5O4. The van der Waals surface area contributed by atoms with E-state index < -0.39 is 17.7 Å². The Morgan fingerprint density at radius 3 is 2.79 bits per heavy atom. The number of carbonyl (C=O) groups excluding carboxylic acids is 2. The highest BCUT2D eigenvalue weighted by Crippen LogP contribution is 2.20. The fourth-order valence-electron chi connectivity index (χ4n) is 3.15. The van der Waals surface area contributed by atoms with Gasteiger partial charge < -0.3 is 10.1 Å². The molecule has 2 amide bonds. The van der Waals surface area contributed by atoms with E-state index in [2.05, 4.69) is 15.6 Å². The van der Waals surface area contributed by atoms with E-state index in [1.165, 1.54) is 9.58 Å². The number of amides is 2. The van der Waals surface area contributed by atoms with Crippen LogP contribution in [0.2, 0.25) is 0 Å². The van der Waals surface area contributed by atoms with Crippen LogP contribution in [0.4, 0.5) is 4.79 Å². The van der Waals surface area contributed by atoms with Crippen LogP contribution in [0.15, 0.2) is 29.1 Å². The third kappa shape index (κ3) is 4.47. The molecule has 1 aliphatic heterocycles. The Morgan fingerprint density at radius 1 is 1.29 bits per heavy atom. The van der Waals surface area contributed by atoms with E-state index >= 15 is 0 Å². The highest BCUT2D eigenvalue weighted by Gasteiger charge is 2.36. The maximum atomic E-state index is 12.5. The van der Waals surface area contributed by atoms with Gasteiger partial charge in [-0.25, -0.2) is 9.48 Å². The molecule has 1 N–H and O–H groups in total. The molecule has 2 heterocycles. The van der Waals surface area contributed by atoms with E-state index in [0.717, 1.165) is 6.42 Å². The first-order chi connectivity index (χ1) is 13.3. The van der Waals surface area contributed by atoms with Gasteiger partial charge in [-0.05, 0) is 45.7 Å². The summed E-state index contributed by atoms with van der Waals surface area (Å²) in [5.74, 6) is -0.259. The molecule has 28 heavy (non-hydrogen) atoms. The first-order valence-corrected chi connectivity index (χ1v) is 9.36. The summed E-state index contributed by atoms with van der Waals surface area (Å²) in [7, 11) is 0. The first-order valence-electron chi connectivity index (χ1n) is 9.36. The van der Waals surface area contributed by atoms with E-state index in [4.69, 9.17) is 4.74 Å². The van der Waals surface area contributed by atoms with Crippen molar-refractivity contribution in [3.8, 4) is 0 Å². The van der Waals surface area contributed by atoms with Crippen molar-refractivity contribution in [2.75, 3.05) is 13.1 Å². The molecular weight excluding hydrogens is 362 g/mol. The van der Waals surface area contributed by atoms with Gasteiger partial charge in [0.1, 0.15) is 17.2 Å². The summed E-state index contributed by atoms with van der Waals surface area (Å²) in [5.41, 5.74) is -0.334. The molecule has 0 radical (unpaired) electrons. The summed E-state index contributed by atoms with van der Waals surface area (Å²) in [6.45, 7) is 6.27. The molecule has 1 atom stereocenters. The van der Waals surface area contributed by atoms with E-state index in [1.807, 2.05) is 0 Å². The molecule has 9 heteroatoms. The number of carbonyl (C=O) groups is 2. The quantitative estimate of drug-likeness (QED) is 0.848. The second kappa shape index (κ2) is 7.95. The fourth-order valence-corrected chi connectivity index (χ4v) is 3.15. The van der Waals surface area contributed by atoms with Gasteiger partial charge in [-0.1, -0.05) is 17.3 Å². The van der Waals surface area contributed by atoms with Crippen molar-refractivity contribution in [3.05, 3.63) is 34.6 Å². The number of ether oxygens (including phenoxy) is 1. The van der Waals surface area contributed by atoms with Gasteiger partial charge in [0.25, 0.3) is 5.56 Å². The SMILES string of the molecule is CC(C)(C)OC(=O)N1CCC[C@H]1C(=O)NCCn1nnc2ccccc2c1=O. The van der Waals surface area contributed by atoms with Crippen LogP contribution in [0.25, 0.3) is 10.9 Å². The maximum absolute atomic E-state index is 12.5. The Kier molecular flexibility index (Phi) is 5.62. The zero-order valence-electron chi connectivity index (χ0n) is 16.3. The van der Waals surface area contributed by atoms with Gasteiger partial charge in [0.15, 0.2) is 0 Å². The zero-order valence-corrected chi connectivity index (χ0v) is 16.3. The van der Waals surface area contributed by atoms with Crippen LogP contribution in [0.1, 0.15) is 33.6 Å². The van der Waals surface area contributed by atoms with Crippen molar-refractivity contribution in [2.24, 2.45) is 0 Å². The van der Waals surface area contributed by atoms with Gasteiger partial charge in [-0.3, -0.25) is 14.5 Å². The van der Waals surface area contributed by atoms with E-state index in [-0.39, 0.29) is 24.6 Å². The average molecular weight is 387 g/mol. The predicted octanol–water partition coefficient (Wildman–Crippen LogP) is 1.31. The Morgan fingerprint density at radius 2 is 2.04 bits per heavy atom. The lowest BCUT2D eigenvalue weighted by Crippen LogP contribution is -2.48. The van der Waals surface area contributed by atoms with Crippen molar-refractivity contribution >= 4 is 22.9 Å². The van der Waals surface area contributed by atoms with Crippen molar-refractivity contribution in [2.45, 2.75) is 51.8 Å². The molecule has 1 aliphatic rings. The van der Waals surface area contributed by atoms with E-state index in [1.54, 1.807) is 45.0 Å². The molecule has 0 unspecified atom stereocenters. The largest absolute Gasteiger partial charge is 0.444 e. The number of nitrogens with zero attached hydrogens (tertiary/aromatic N) is 4. The Labute approximate surface area is 162 Å². The van der Waals surface area contributed by atoms with Gasteiger partial charge in [0.05, 0.1) is 11.9 Å². The van der Waals surface area contributed by atoms with Crippen LogP contribution in [0.3, 0.4) is 0 Å². The molecule has 2 aromatic rings. The Bertz CT molecular complexity index is 934. The van der Waals surface area contributed by atoms with Crippen molar-refractivity contribution in [1.82, 2.24) is 25.2 Å². The second-order valence-electron chi connectivity index (χ2n) is 7.76. The third-order valence-electron chi connectivity index (χ3n) is 4.44. The van der Waals surface area contributed by atoms with Crippen molar-refractivity contribution in [1.29, 1.82) is 0 Å². The lowest BCUT2D eigenvalue weighted by molar-refractivity contribution is -0.125. The number of aromatic nitrogens is 3. The third-order valence-corrected chi connectivity index (χ3v) is 4.44. The van der Waals surface area contributed by atoms with Crippen LogP contribution in [0, 0.1) is 0 Å². The Hall–Kier alpha value is -2.97. The van der Waals surface area contributed by atoms with Gasteiger partial charge in [-0.2, -0.15) is 0 Å². The standard InChI is InChI=1S/C19H25N5O4/c1-19(2,3)28-18(27)23-11-6-9-15(23)16(25)20-10-12-24-17(26)13-7-4-5-8-14(13)21-22-24/h4-5,7-8,15H,6,9-12H2,1-3H3,(H,20,25)/t15-/m0/s1. The molecule has 1 fully saturated rings. The van der Waals surface area contributed by atoms with Crippen LogP contribution >= 0.6 is 0 Å².